The highest BCUT2D eigenvalue weighted by Gasteiger charge is 2.31. The lowest BCUT2D eigenvalue weighted by molar-refractivity contribution is -0.119. The predicted octanol–water partition coefficient (Wildman–Crippen LogP) is 4.43. The van der Waals surface area contributed by atoms with Crippen molar-refractivity contribution in [2.24, 2.45) is 23.5 Å². The van der Waals surface area contributed by atoms with E-state index in [0.717, 1.165) is 23.6 Å². The summed E-state index contributed by atoms with van der Waals surface area (Å²) in [5.74, 6) is 4.36. The van der Waals surface area contributed by atoms with Crippen molar-refractivity contribution in [3.8, 4) is 0 Å². The van der Waals surface area contributed by atoms with Gasteiger partial charge in [0, 0.05) is 41.5 Å². The van der Waals surface area contributed by atoms with Crippen LogP contribution in [0.2, 0.25) is 0 Å². The van der Waals surface area contributed by atoms with Crippen molar-refractivity contribution in [3.63, 3.8) is 0 Å². The van der Waals surface area contributed by atoms with Gasteiger partial charge >= 0.3 is 0 Å². The van der Waals surface area contributed by atoms with Gasteiger partial charge in [-0.2, -0.15) is 23.5 Å². The van der Waals surface area contributed by atoms with E-state index < -0.39 is 0 Å². The van der Waals surface area contributed by atoms with Crippen LogP contribution in [0.1, 0.15) is 58.8 Å². The van der Waals surface area contributed by atoms with Crippen molar-refractivity contribution >= 4 is 29.4 Å². The first-order valence-corrected chi connectivity index (χ1v) is 13.6. The van der Waals surface area contributed by atoms with Gasteiger partial charge in [0.15, 0.2) is 0 Å². The van der Waals surface area contributed by atoms with E-state index in [9.17, 15) is 4.79 Å². The Morgan fingerprint density at radius 3 is 2.31 bits per heavy atom. The Kier molecular flexibility index (Phi) is 14.0. The van der Waals surface area contributed by atoms with Crippen LogP contribution in [-0.4, -0.2) is 79.0 Å². The van der Waals surface area contributed by atoms with Crippen molar-refractivity contribution < 1.29 is 4.79 Å². The molecule has 0 aromatic carbocycles. The summed E-state index contributed by atoms with van der Waals surface area (Å²) in [5, 5.41) is 1.48. The highest BCUT2D eigenvalue weighted by molar-refractivity contribution is 8.00. The molecule has 1 aliphatic rings. The smallest absolute Gasteiger partial charge is 0.217 e. The highest BCUT2D eigenvalue weighted by atomic mass is 32.2. The van der Waals surface area contributed by atoms with Gasteiger partial charge in [0.05, 0.1) is 0 Å². The first-order chi connectivity index (χ1) is 13.7. The van der Waals surface area contributed by atoms with Gasteiger partial charge in [-0.3, -0.25) is 4.79 Å². The minimum Gasteiger partial charge on any atom is -0.370 e. The molecule has 1 saturated carbocycles. The normalized spacial score (nSPS) is 23.8. The Hall–Kier alpha value is 0.0900. The maximum absolute atomic E-state index is 11.4. The molecule has 0 aliphatic heterocycles. The Morgan fingerprint density at radius 1 is 1.07 bits per heavy atom. The van der Waals surface area contributed by atoms with Gasteiger partial charge in [-0.1, -0.05) is 20.3 Å². The molecule has 0 radical (unpaired) electrons. The number of primary amides is 1. The average molecular weight is 446 g/mol. The molecule has 4 nitrogen and oxygen atoms in total. The van der Waals surface area contributed by atoms with Gasteiger partial charge in [0.25, 0.3) is 0 Å². The zero-order valence-electron chi connectivity index (χ0n) is 19.9. The summed E-state index contributed by atoms with van der Waals surface area (Å²) in [7, 11) is 8.62. The fourth-order valence-corrected chi connectivity index (χ4v) is 7.46. The zero-order valence-corrected chi connectivity index (χ0v) is 21.5. The minimum absolute atomic E-state index is 0.125. The van der Waals surface area contributed by atoms with Crippen LogP contribution in [0.3, 0.4) is 0 Å². The van der Waals surface area contributed by atoms with Gasteiger partial charge < -0.3 is 15.5 Å². The number of nitrogens with zero attached hydrogens (tertiary/aromatic N) is 2. The SMILES string of the molecule is CC(C)C(CCCC1CCC(CC(N)=O)CC1SCCN(C)C)SCCN(C)C. The third kappa shape index (κ3) is 12.5. The third-order valence-electron chi connectivity index (χ3n) is 6.07. The van der Waals surface area contributed by atoms with E-state index in [1.807, 2.05) is 0 Å². The summed E-state index contributed by atoms with van der Waals surface area (Å²) in [5.41, 5.74) is 5.49. The molecule has 0 saturated heterocycles. The molecule has 1 fully saturated rings. The molecule has 0 bridgehead atoms. The quantitative estimate of drug-likeness (QED) is 0.404. The standard InChI is InChI=1S/C23H47N3OS2/c1-18(2)21(28-14-12-25(3)4)9-7-8-20-11-10-19(17-23(24)27)16-22(20)29-15-13-26(5)6/h18-22H,7-17H2,1-6H3,(H2,24,27). The second kappa shape index (κ2) is 15.0. The summed E-state index contributed by atoms with van der Waals surface area (Å²) >= 11 is 4.31. The summed E-state index contributed by atoms with van der Waals surface area (Å²) < 4.78 is 0. The van der Waals surface area contributed by atoms with Crippen LogP contribution in [0, 0.1) is 17.8 Å². The molecule has 172 valence electrons. The first-order valence-electron chi connectivity index (χ1n) is 11.5. The molecule has 0 aromatic heterocycles. The van der Waals surface area contributed by atoms with E-state index in [-0.39, 0.29) is 5.91 Å². The zero-order chi connectivity index (χ0) is 21.8. The fraction of sp³-hybridized carbons (Fsp3) is 0.957. The van der Waals surface area contributed by atoms with Crippen molar-refractivity contribution in [1.29, 1.82) is 0 Å². The number of thioether (sulfide) groups is 2. The maximum atomic E-state index is 11.4. The van der Waals surface area contributed by atoms with Crippen molar-refractivity contribution in [3.05, 3.63) is 0 Å². The van der Waals surface area contributed by atoms with E-state index in [1.165, 1.54) is 56.6 Å². The maximum Gasteiger partial charge on any atom is 0.217 e. The monoisotopic (exact) mass is 445 g/mol. The Bertz CT molecular complexity index is 446. The lowest BCUT2D eigenvalue weighted by Crippen LogP contribution is -2.31. The topological polar surface area (TPSA) is 49.6 Å². The number of nitrogens with two attached hydrogens (primary N) is 1. The third-order valence-corrected chi connectivity index (χ3v) is 9.13. The summed E-state index contributed by atoms with van der Waals surface area (Å²) in [6.07, 6.45) is 8.24. The molecule has 0 heterocycles. The van der Waals surface area contributed by atoms with E-state index in [0.29, 0.717) is 17.6 Å². The van der Waals surface area contributed by atoms with E-state index in [2.05, 4.69) is 75.4 Å². The van der Waals surface area contributed by atoms with Crippen LogP contribution in [0.4, 0.5) is 0 Å². The molecule has 4 atom stereocenters. The number of amides is 1. The molecule has 2 N–H and O–H groups in total. The molecule has 0 aromatic rings. The van der Waals surface area contributed by atoms with Crippen LogP contribution in [-0.2, 0) is 4.79 Å². The van der Waals surface area contributed by atoms with E-state index in [4.69, 9.17) is 5.73 Å². The molecular weight excluding hydrogens is 398 g/mol. The van der Waals surface area contributed by atoms with Gasteiger partial charge in [-0.15, -0.1) is 0 Å². The molecule has 1 amide bonds. The lowest BCUT2D eigenvalue weighted by atomic mass is 9.78. The molecule has 1 rings (SSSR count). The Labute approximate surface area is 189 Å². The van der Waals surface area contributed by atoms with Crippen molar-refractivity contribution in [2.45, 2.75) is 69.3 Å². The predicted molar refractivity (Wildman–Crippen MR) is 133 cm³/mol. The van der Waals surface area contributed by atoms with Crippen LogP contribution >= 0.6 is 23.5 Å². The van der Waals surface area contributed by atoms with Crippen molar-refractivity contribution in [2.75, 3.05) is 52.8 Å². The molecular formula is C23H47N3OS2. The van der Waals surface area contributed by atoms with E-state index in [1.54, 1.807) is 0 Å². The minimum atomic E-state index is -0.125. The number of hydrogen-bond donors (Lipinski definition) is 1. The molecule has 1 aliphatic carbocycles. The van der Waals surface area contributed by atoms with Crippen LogP contribution in [0.15, 0.2) is 0 Å². The fourth-order valence-electron chi connectivity index (χ4n) is 4.24. The van der Waals surface area contributed by atoms with Crippen LogP contribution in [0.5, 0.6) is 0 Å². The largest absolute Gasteiger partial charge is 0.370 e. The van der Waals surface area contributed by atoms with Crippen LogP contribution < -0.4 is 5.73 Å². The number of hydrogen-bond acceptors (Lipinski definition) is 5. The van der Waals surface area contributed by atoms with Gasteiger partial charge in [0.1, 0.15) is 0 Å². The summed E-state index contributed by atoms with van der Waals surface area (Å²) in [4.78, 5) is 16.0. The molecule has 29 heavy (non-hydrogen) atoms. The lowest BCUT2D eigenvalue weighted by Gasteiger charge is -2.36. The molecule has 0 spiro atoms. The highest BCUT2D eigenvalue weighted by Crippen LogP contribution is 2.40. The Balaban J connectivity index is 2.50. The average Bonchev–Trinajstić information content (AvgIpc) is 2.60. The summed E-state index contributed by atoms with van der Waals surface area (Å²) in [6, 6.07) is 0. The second-order valence-electron chi connectivity index (χ2n) is 9.71. The number of carbonyl (C=O) groups is 1. The van der Waals surface area contributed by atoms with Gasteiger partial charge in [0.2, 0.25) is 5.91 Å². The van der Waals surface area contributed by atoms with Gasteiger partial charge in [-0.05, 0) is 78.0 Å². The van der Waals surface area contributed by atoms with Gasteiger partial charge in [-0.25, -0.2) is 0 Å². The van der Waals surface area contributed by atoms with Crippen LogP contribution in [0.25, 0.3) is 0 Å². The number of rotatable bonds is 15. The Morgan fingerprint density at radius 2 is 1.72 bits per heavy atom. The number of carbonyl (C=O) groups excluding carboxylic acids is 1. The first kappa shape index (κ1) is 27.1. The van der Waals surface area contributed by atoms with Crippen molar-refractivity contribution in [1.82, 2.24) is 9.80 Å². The second-order valence-corrected chi connectivity index (χ2v) is 12.4. The molecule has 6 heteroatoms. The summed E-state index contributed by atoms with van der Waals surface area (Å²) in [6.45, 7) is 7.05. The molecule has 4 unspecified atom stereocenters. The van der Waals surface area contributed by atoms with E-state index >= 15 is 0 Å².